The molecule has 0 radical (unpaired) electrons. The molecule has 36 heavy (non-hydrogen) atoms. The number of hydrogen-bond acceptors (Lipinski definition) is 4. The van der Waals surface area contributed by atoms with Crippen molar-refractivity contribution in [1.82, 2.24) is 0 Å². The SMILES string of the molecule is O=C(Nc1ccccc1C(F)(F)F)c1cccc(NC2=C(Cl)C(=O)N(c3cccc(Cl)c3Cl)C2=O)c1. The lowest BCUT2D eigenvalue weighted by atomic mass is 10.1. The molecule has 2 N–H and O–H groups in total. The number of hydrogen-bond donors (Lipinski definition) is 2. The molecule has 0 atom stereocenters. The zero-order valence-electron chi connectivity index (χ0n) is 17.8. The summed E-state index contributed by atoms with van der Waals surface area (Å²) in [5, 5.41) is 4.61. The highest BCUT2D eigenvalue weighted by Crippen LogP contribution is 2.38. The Morgan fingerprint density at radius 2 is 1.56 bits per heavy atom. The van der Waals surface area contributed by atoms with E-state index in [0.29, 0.717) is 0 Å². The van der Waals surface area contributed by atoms with Crippen molar-refractivity contribution in [1.29, 1.82) is 0 Å². The maximum Gasteiger partial charge on any atom is 0.418 e. The molecule has 0 saturated heterocycles. The second-order valence-electron chi connectivity index (χ2n) is 7.41. The van der Waals surface area contributed by atoms with Crippen molar-refractivity contribution in [3.63, 3.8) is 0 Å². The zero-order chi connectivity index (χ0) is 26.2. The molecule has 0 aromatic heterocycles. The van der Waals surface area contributed by atoms with E-state index in [1.54, 1.807) is 0 Å². The third-order valence-electron chi connectivity index (χ3n) is 5.07. The Labute approximate surface area is 217 Å². The summed E-state index contributed by atoms with van der Waals surface area (Å²) in [6, 6.07) is 14.5. The van der Waals surface area contributed by atoms with Gasteiger partial charge in [0.15, 0.2) is 0 Å². The first kappa shape index (κ1) is 25.6. The van der Waals surface area contributed by atoms with E-state index in [1.807, 2.05) is 0 Å². The van der Waals surface area contributed by atoms with Crippen molar-refractivity contribution in [2.24, 2.45) is 0 Å². The molecule has 1 aliphatic heterocycles. The van der Waals surface area contributed by atoms with Crippen molar-refractivity contribution in [3.05, 3.63) is 98.6 Å². The minimum atomic E-state index is -4.66. The van der Waals surface area contributed by atoms with E-state index in [4.69, 9.17) is 34.8 Å². The number of rotatable bonds is 5. The maximum atomic E-state index is 13.2. The fraction of sp³-hybridized carbons (Fsp3) is 0.0417. The minimum absolute atomic E-state index is 0.0137. The summed E-state index contributed by atoms with van der Waals surface area (Å²) < 4.78 is 39.7. The number of halogens is 6. The molecule has 0 spiro atoms. The average Bonchev–Trinajstić information content (AvgIpc) is 3.04. The third kappa shape index (κ3) is 4.90. The molecule has 6 nitrogen and oxygen atoms in total. The van der Waals surface area contributed by atoms with Gasteiger partial charge in [0.1, 0.15) is 10.7 Å². The Kier molecular flexibility index (Phi) is 6.99. The summed E-state index contributed by atoms with van der Waals surface area (Å²) in [6.07, 6.45) is -4.66. The summed E-state index contributed by atoms with van der Waals surface area (Å²) in [5.41, 5.74) is -1.49. The molecule has 1 aliphatic rings. The number of carbonyl (C=O) groups excluding carboxylic acids is 3. The number of carbonyl (C=O) groups is 3. The Bertz CT molecular complexity index is 1440. The highest BCUT2D eigenvalue weighted by Gasteiger charge is 2.40. The van der Waals surface area contributed by atoms with Crippen LogP contribution in [0.15, 0.2) is 77.5 Å². The third-order valence-corrected chi connectivity index (χ3v) is 6.23. The number of benzene rings is 3. The van der Waals surface area contributed by atoms with Crippen LogP contribution in [0.1, 0.15) is 15.9 Å². The molecule has 0 aliphatic carbocycles. The van der Waals surface area contributed by atoms with Gasteiger partial charge in [-0.3, -0.25) is 14.4 Å². The number of alkyl halides is 3. The van der Waals surface area contributed by atoms with Crippen LogP contribution < -0.4 is 15.5 Å². The predicted octanol–water partition coefficient (Wildman–Crippen LogP) is 6.70. The Balaban J connectivity index is 1.57. The molecule has 3 aromatic carbocycles. The van der Waals surface area contributed by atoms with E-state index in [0.717, 1.165) is 17.0 Å². The van der Waals surface area contributed by atoms with Crippen LogP contribution in [0.5, 0.6) is 0 Å². The standard InChI is InChI=1S/C24H13Cl3F3N3O3/c25-15-8-4-10-17(18(15)26)33-22(35)19(27)20(23(33)36)31-13-6-3-5-12(11-13)21(34)32-16-9-2-1-7-14(16)24(28,29)30/h1-11,31H,(H,32,34). The van der Waals surface area contributed by atoms with Crippen molar-refractivity contribution in [2.75, 3.05) is 15.5 Å². The lowest BCUT2D eigenvalue weighted by Gasteiger charge is -2.17. The molecular formula is C24H13Cl3F3N3O3. The van der Waals surface area contributed by atoms with Crippen LogP contribution in [-0.2, 0) is 15.8 Å². The number of nitrogens with one attached hydrogen (secondary N) is 2. The fourth-order valence-electron chi connectivity index (χ4n) is 3.41. The number of amides is 3. The monoisotopic (exact) mass is 553 g/mol. The number of imide groups is 1. The van der Waals surface area contributed by atoms with E-state index >= 15 is 0 Å². The van der Waals surface area contributed by atoms with Gasteiger partial charge in [-0.25, -0.2) is 4.90 Å². The summed E-state index contributed by atoms with van der Waals surface area (Å²) in [4.78, 5) is 39.1. The van der Waals surface area contributed by atoms with Gasteiger partial charge in [0.25, 0.3) is 17.7 Å². The number of anilines is 3. The molecule has 0 saturated carbocycles. The van der Waals surface area contributed by atoms with Gasteiger partial charge < -0.3 is 10.6 Å². The molecule has 4 rings (SSSR count). The van der Waals surface area contributed by atoms with Gasteiger partial charge in [0, 0.05) is 11.3 Å². The first-order valence-electron chi connectivity index (χ1n) is 10.1. The van der Waals surface area contributed by atoms with Crippen LogP contribution in [-0.4, -0.2) is 17.7 Å². The van der Waals surface area contributed by atoms with Gasteiger partial charge >= 0.3 is 6.18 Å². The molecule has 3 amide bonds. The fourth-order valence-corrected chi connectivity index (χ4v) is 4.00. The van der Waals surface area contributed by atoms with Gasteiger partial charge in [-0.2, -0.15) is 13.2 Å². The lowest BCUT2D eigenvalue weighted by Crippen LogP contribution is -2.32. The van der Waals surface area contributed by atoms with Crippen molar-refractivity contribution < 1.29 is 27.6 Å². The van der Waals surface area contributed by atoms with Crippen molar-refractivity contribution in [2.45, 2.75) is 6.18 Å². The Morgan fingerprint density at radius 1 is 0.861 bits per heavy atom. The molecule has 3 aromatic rings. The van der Waals surface area contributed by atoms with Crippen molar-refractivity contribution in [3.8, 4) is 0 Å². The first-order chi connectivity index (χ1) is 17.0. The topological polar surface area (TPSA) is 78.5 Å². The van der Waals surface area contributed by atoms with Crippen LogP contribution in [0.25, 0.3) is 0 Å². The second kappa shape index (κ2) is 9.85. The normalized spacial score (nSPS) is 13.9. The largest absolute Gasteiger partial charge is 0.418 e. The van der Waals surface area contributed by atoms with Gasteiger partial charge in [0.2, 0.25) is 0 Å². The van der Waals surface area contributed by atoms with Crippen LogP contribution >= 0.6 is 34.8 Å². The molecular weight excluding hydrogens is 542 g/mol. The van der Waals surface area contributed by atoms with Gasteiger partial charge in [-0.05, 0) is 42.5 Å². The Hall–Kier alpha value is -3.53. The molecule has 12 heteroatoms. The maximum absolute atomic E-state index is 13.2. The zero-order valence-corrected chi connectivity index (χ0v) is 20.1. The average molecular weight is 555 g/mol. The van der Waals surface area contributed by atoms with Crippen LogP contribution in [0.2, 0.25) is 10.0 Å². The lowest BCUT2D eigenvalue weighted by molar-refractivity contribution is -0.137. The summed E-state index contributed by atoms with van der Waals surface area (Å²) in [7, 11) is 0. The molecule has 0 bridgehead atoms. The number of para-hydroxylation sites is 1. The molecule has 1 heterocycles. The van der Waals surface area contributed by atoms with Gasteiger partial charge in [0.05, 0.1) is 27.0 Å². The number of nitrogens with zero attached hydrogens (tertiary/aromatic N) is 1. The van der Waals surface area contributed by atoms with Gasteiger partial charge in [-0.15, -0.1) is 0 Å². The second-order valence-corrected chi connectivity index (χ2v) is 8.57. The molecule has 0 fully saturated rings. The van der Waals surface area contributed by atoms with E-state index < -0.39 is 40.2 Å². The van der Waals surface area contributed by atoms with Crippen LogP contribution in [0.3, 0.4) is 0 Å². The summed E-state index contributed by atoms with van der Waals surface area (Å²) >= 11 is 18.3. The highest BCUT2D eigenvalue weighted by atomic mass is 35.5. The van der Waals surface area contributed by atoms with Crippen LogP contribution in [0.4, 0.5) is 30.2 Å². The van der Waals surface area contributed by atoms with E-state index in [9.17, 15) is 27.6 Å². The van der Waals surface area contributed by atoms with Crippen molar-refractivity contribution >= 4 is 69.6 Å². The van der Waals surface area contributed by atoms with E-state index in [-0.39, 0.29) is 32.7 Å². The summed E-state index contributed by atoms with van der Waals surface area (Å²) in [5.74, 6) is -2.48. The smallest absolute Gasteiger partial charge is 0.350 e. The quantitative estimate of drug-likeness (QED) is 0.344. The predicted molar refractivity (Wildman–Crippen MR) is 131 cm³/mol. The van der Waals surface area contributed by atoms with E-state index in [1.165, 1.54) is 54.6 Å². The Morgan fingerprint density at radius 3 is 2.28 bits per heavy atom. The minimum Gasteiger partial charge on any atom is -0.350 e. The molecule has 0 unspecified atom stereocenters. The van der Waals surface area contributed by atoms with Crippen LogP contribution in [0, 0.1) is 0 Å². The highest BCUT2D eigenvalue weighted by molar-refractivity contribution is 6.54. The molecule has 184 valence electrons. The van der Waals surface area contributed by atoms with Gasteiger partial charge in [-0.1, -0.05) is 59.1 Å². The summed E-state index contributed by atoms with van der Waals surface area (Å²) in [6.45, 7) is 0. The first-order valence-corrected chi connectivity index (χ1v) is 11.2. The van der Waals surface area contributed by atoms with E-state index in [2.05, 4.69) is 10.6 Å².